The maximum Gasteiger partial charge on any atom is 0.323 e. The summed E-state index contributed by atoms with van der Waals surface area (Å²) < 4.78 is 0. The van der Waals surface area contributed by atoms with Crippen LogP contribution in [0.15, 0.2) is 54.6 Å². The number of nitrogens with zero attached hydrogens (tertiary/aromatic N) is 1. The lowest BCUT2D eigenvalue weighted by Gasteiger charge is -2.21. The van der Waals surface area contributed by atoms with Crippen LogP contribution in [0.3, 0.4) is 0 Å². The zero-order chi connectivity index (χ0) is 15.2. The van der Waals surface area contributed by atoms with Gasteiger partial charge >= 0.3 is 11.9 Å². The Balaban J connectivity index is 2.33. The van der Waals surface area contributed by atoms with Gasteiger partial charge in [-0.2, -0.15) is 0 Å². The fourth-order valence-electron chi connectivity index (χ4n) is 2.08. The van der Waals surface area contributed by atoms with Crippen LogP contribution in [0.2, 0.25) is 0 Å². The molecule has 0 aromatic heterocycles. The molecule has 0 aliphatic rings. The molecule has 0 spiro atoms. The minimum absolute atomic E-state index is 0.357. The number of benzene rings is 2. The quantitative estimate of drug-likeness (QED) is 0.851. The summed E-state index contributed by atoms with van der Waals surface area (Å²) >= 11 is 0. The first-order chi connectivity index (χ1) is 10.1. The molecule has 2 rings (SSSR count). The summed E-state index contributed by atoms with van der Waals surface area (Å²) in [5, 5.41) is 17.8. The number of hydrogen-bond acceptors (Lipinski definition) is 3. The van der Waals surface area contributed by atoms with Crippen molar-refractivity contribution in [1.82, 2.24) is 0 Å². The fraction of sp³-hybridized carbons (Fsp3) is 0.125. The predicted molar refractivity (Wildman–Crippen MR) is 79.4 cm³/mol. The lowest BCUT2D eigenvalue weighted by atomic mass is 10.0. The van der Waals surface area contributed by atoms with E-state index in [4.69, 9.17) is 10.2 Å². The standard InChI is InChI=1S/C16H15NO4/c18-15(19)10-17(11-16(20)21)14-8-4-7-13(9-14)12-5-2-1-3-6-12/h1-9H,10-11H2,(H,18,19)(H,20,21). The van der Waals surface area contributed by atoms with Crippen molar-refractivity contribution in [3.05, 3.63) is 54.6 Å². The van der Waals surface area contributed by atoms with Crippen LogP contribution in [0, 0.1) is 0 Å². The van der Waals surface area contributed by atoms with Crippen LogP contribution in [0.25, 0.3) is 11.1 Å². The lowest BCUT2D eigenvalue weighted by Crippen LogP contribution is -2.34. The first kappa shape index (κ1) is 14.6. The first-order valence-electron chi connectivity index (χ1n) is 6.40. The molecule has 5 nitrogen and oxygen atoms in total. The molecule has 0 bridgehead atoms. The highest BCUT2D eigenvalue weighted by Gasteiger charge is 2.14. The number of carbonyl (C=O) groups is 2. The van der Waals surface area contributed by atoms with E-state index in [1.807, 2.05) is 36.4 Å². The molecule has 0 amide bonds. The summed E-state index contributed by atoms with van der Waals surface area (Å²) in [6.45, 7) is -0.713. The average molecular weight is 285 g/mol. The first-order valence-corrected chi connectivity index (χ1v) is 6.40. The van der Waals surface area contributed by atoms with Gasteiger partial charge in [0.25, 0.3) is 0 Å². The van der Waals surface area contributed by atoms with Gasteiger partial charge in [-0.3, -0.25) is 9.59 Å². The predicted octanol–water partition coefficient (Wildman–Crippen LogP) is 2.33. The van der Waals surface area contributed by atoms with Crippen LogP contribution in [0.5, 0.6) is 0 Å². The van der Waals surface area contributed by atoms with Gasteiger partial charge in [0.05, 0.1) is 0 Å². The molecule has 0 atom stereocenters. The molecule has 0 radical (unpaired) electrons. The summed E-state index contributed by atoms with van der Waals surface area (Å²) in [4.78, 5) is 23.1. The van der Waals surface area contributed by atoms with E-state index in [0.717, 1.165) is 11.1 Å². The second kappa shape index (κ2) is 6.56. The van der Waals surface area contributed by atoms with Gasteiger partial charge in [-0.25, -0.2) is 0 Å². The molecule has 5 heteroatoms. The Morgan fingerprint density at radius 3 is 1.95 bits per heavy atom. The Morgan fingerprint density at radius 1 is 0.810 bits per heavy atom. The summed E-state index contributed by atoms with van der Waals surface area (Å²) in [5.41, 5.74) is 2.47. The molecule has 2 aromatic rings. The van der Waals surface area contributed by atoms with Crippen molar-refractivity contribution in [3.8, 4) is 11.1 Å². The van der Waals surface area contributed by atoms with Crippen molar-refractivity contribution in [2.24, 2.45) is 0 Å². The van der Waals surface area contributed by atoms with Crippen molar-refractivity contribution in [2.45, 2.75) is 0 Å². The Morgan fingerprint density at radius 2 is 1.38 bits per heavy atom. The van der Waals surface area contributed by atoms with E-state index in [2.05, 4.69) is 0 Å². The Hall–Kier alpha value is -2.82. The van der Waals surface area contributed by atoms with Crippen LogP contribution < -0.4 is 4.90 Å². The molecule has 0 heterocycles. The maximum atomic E-state index is 10.9. The van der Waals surface area contributed by atoms with Gasteiger partial charge in [0.2, 0.25) is 0 Å². The molecule has 2 aromatic carbocycles. The average Bonchev–Trinajstić information content (AvgIpc) is 2.47. The van der Waals surface area contributed by atoms with Crippen molar-refractivity contribution in [2.75, 3.05) is 18.0 Å². The Labute approximate surface area is 122 Å². The molecule has 108 valence electrons. The van der Waals surface area contributed by atoms with Gasteiger partial charge in [0.15, 0.2) is 0 Å². The van der Waals surface area contributed by atoms with Gasteiger partial charge in [-0.1, -0.05) is 42.5 Å². The van der Waals surface area contributed by atoms with Crippen LogP contribution >= 0.6 is 0 Å². The molecule has 21 heavy (non-hydrogen) atoms. The van der Waals surface area contributed by atoms with Crippen molar-refractivity contribution in [3.63, 3.8) is 0 Å². The smallest absolute Gasteiger partial charge is 0.323 e. The highest BCUT2D eigenvalue weighted by Crippen LogP contribution is 2.24. The van der Waals surface area contributed by atoms with Crippen molar-refractivity contribution < 1.29 is 19.8 Å². The topological polar surface area (TPSA) is 77.8 Å². The van der Waals surface area contributed by atoms with Gasteiger partial charge in [0, 0.05) is 5.69 Å². The molecular formula is C16H15NO4. The number of hydrogen-bond donors (Lipinski definition) is 2. The Bertz CT molecular complexity index is 624. The van der Waals surface area contributed by atoms with E-state index in [9.17, 15) is 9.59 Å². The minimum Gasteiger partial charge on any atom is -0.480 e. The van der Waals surface area contributed by atoms with Gasteiger partial charge in [-0.05, 0) is 23.3 Å². The number of carboxylic acids is 2. The largest absolute Gasteiger partial charge is 0.480 e. The molecule has 0 saturated heterocycles. The third-order valence-electron chi connectivity index (χ3n) is 2.97. The minimum atomic E-state index is -1.07. The zero-order valence-electron chi connectivity index (χ0n) is 11.3. The van der Waals surface area contributed by atoms with E-state index in [1.165, 1.54) is 4.90 Å². The monoisotopic (exact) mass is 285 g/mol. The third kappa shape index (κ3) is 4.07. The summed E-state index contributed by atoms with van der Waals surface area (Å²) in [6, 6.07) is 16.8. The number of anilines is 1. The van der Waals surface area contributed by atoms with E-state index in [1.54, 1.807) is 18.2 Å². The van der Waals surface area contributed by atoms with Crippen LogP contribution in [0.1, 0.15) is 0 Å². The molecular weight excluding hydrogens is 270 g/mol. The Kier molecular flexibility index (Phi) is 4.56. The van der Waals surface area contributed by atoms with Crippen LogP contribution in [-0.4, -0.2) is 35.2 Å². The van der Waals surface area contributed by atoms with Crippen molar-refractivity contribution >= 4 is 17.6 Å². The second-order valence-electron chi connectivity index (χ2n) is 4.56. The number of carboxylic acid groups (broad SMARTS) is 2. The summed E-state index contributed by atoms with van der Waals surface area (Å²) in [7, 11) is 0. The van der Waals surface area contributed by atoms with Crippen LogP contribution in [-0.2, 0) is 9.59 Å². The molecule has 0 aliphatic heterocycles. The van der Waals surface area contributed by atoms with E-state index < -0.39 is 11.9 Å². The number of aliphatic carboxylic acids is 2. The molecule has 0 aliphatic carbocycles. The van der Waals surface area contributed by atoms with Gasteiger partial charge in [-0.15, -0.1) is 0 Å². The highest BCUT2D eigenvalue weighted by atomic mass is 16.4. The lowest BCUT2D eigenvalue weighted by molar-refractivity contribution is -0.136. The molecule has 0 fully saturated rings. The molecule has 0 saturated carbocycles. The highest BCUT2D eigenvalue weighted by molar-refractivity contribution is 5.80. The second-order valence-corrected chi connectivity index (χ2v) is 4.56. The normalized spacial score (nSPS) is 10.1. The zero-order valence-corrected chi connectivity index (χ0v) is 11.3. The van der Waals surface area contributed by atoms with Gasteiger partial charge in [0.1, 0.15) is 13.1 Å². The maximum absolute atomic E-state index is 10.9. The van der Waals surface area contributed by atoms with Gasteiger partial charge < -0.3 is 15.1 Å². The van der Waals surface area contributed by atoms with E-state index in [-0.39, 0.29) is 13.1 Å². The number of rotatable bonds is 6. The van der Waals surface area contributed by atoms with E-state index in [0.29, 0.717) is 5.69 Å². The SMILES string of the molecule is O=C(O)CN(CC(=O)O)c1cccc(-c2ccccc2)c1. The van der Waals surface area contributed by atoms with Crippen molar-refractivity contribution in [1.29, 1.82) is 0 Å². The third-order valence-corrected chi connectivity index (χ3v) is 2.97. The van der Waals surface area contributed by atoms with E-state index >= 15 is 0 Å². The fourth-order valence-corrected chi connectivity index (χ4v) is 2.08. The molecule has 2 N–H and O–H groups in total. The summed E-state index contributed by atoms with van der Waals surface area (Å²) in [5.74, 6) is -2.14. The van der Waals surface area contributed by atoms with Crippen LogP contribution in [0.4, 0.5) is 5.69 Å². The molecule has 0 unspecified atom stereocenters. The summed E-state index contributed by atoms with van der Waals surface area (Å²) in [6.07, 6.45) is 0.